The minimum absolute atomic E-state index is 0.0134. The van der Waals surface area contributed by atoms with Crippen LogP contribution >= 0.6 is 0 Å². The predicted molar refractivity (Wildman–Crippen MR) is 268 cm³/mol. The van der Waals surface area contributed by atoms with Gasteiger partial charge in [0.1, 0.15) is 11.4 Å². The Morgan fingerprint density at radius 2 is 0.825 bits per heavy atom. The fraction of sp³-hybridized carbons (Fsp3) is 0.186. The highest BCUT2D eigenvalue weighted by Crippen LogP contribution is 2.56. The van der Waals surface area contributed by atoms with Crippen molar-refractivity contribution in [1.82, 2.24) is 0 Å². The smallest absolute Gasteiger partial charge is 0.161 e. The molecule has 9 rings (SSSR count). The lowest BCUT2D eigenvalue weighted by molar-refractivity contribution is 0.590. The molecule has 0 N–H and O–H groups in total. The van der Waals surface area contributed by atoms with Gasteiger partial charge in [-0.3, -0.25) is 0 Å². The fourth-order valence-corrected chi connectivity index (χ4v) is 8.69. The zero-order chi connectivity index (χ0) is 44.0. The first-order valence-corrected chi connectivity index (χ1v) is 22.1. The number of fused-ring (bicyclic) bond motifs is 2. The van der Waals surface area contributed by atoms with Crippen LogP contribution in [0.2, 0.25) is 0 Å². The Labute approximate surface area is 372 Å². The van der Waals surface area contributed by atoms with Crippen molar-refractivity contribution in [2.75, 3.05) is 9.80 Å². The van der Waals surface area contributed by atoms with Crippen LogP contribution in [0.25, 0.3) is 49.8 Å². The zero-order valence-corrected chi connectivity index (χ0v) is 37.7. The minimum Gasteiger partial charge on any atom is -0.461 e. The molecule has 0 unspecified atom stereocenters. The van der Waals surface area contributed by atoms with E-state index in [4.69, 9.17) is 8.83 Å². The Kier molecular flexibility index (Phi) is 10.9. The lowest BCUT2D eigenvalue weighted by Gasteiger charge is -2.31. The van der Waals surface area contributed by atoms with Gasteiger partial charge in [-0.05, 0) is 106 Å². The maximum absolute atomic E-state index is 7.11. The van der Waals surface area contributed by atoms with Crippen LogP contribution in [0.15, 0.2) is 186 Å². The first-order valence-electron chi connectivity index (χ1n) is 22.1. The summed E-state index contributed by atoms with van der Waals surface area (Å²) in [7, 11) is 0. The van der Waals surface area contributed by atoms with Crippen LogP contribution in [0.1, 0.15) is 89.5 Å². The van der Waals surface area contributed by atoms with Crippen LogP contribution in [0, 0.1) is 0 Å². The maximum Gasteiger partial charge on any atom is 0.161 e. The topological polar surface area (TPSA) is 32.8 Å². The number of furan rings is 2. The van der Waals surface area contributed by atoms with Gasteiger partial charge < -0.3 is 18.6 Å². The molecule has 0 aliphatic carbocycles. The first kappa shape index (κ1) is 41.3. The molecule has 0 saturated carbocycles. The minimum atomic E-state index is -0.0134. The van der Waals surface area contributed by atoms with E-state index in [1.807, 2.05) is 19.5 Å². The molecule has 0 radical (unpaired) electrons. The molecule has 9 aromatic rings. The molecule has 4 heteroatoms. The maximum atomic E-state index is 7.11. The normalized spacial score (nSPS) is 11.8. The molecule has 2 aromatic heterocycles. The Bertz CT molecular complexity index is 3020. The summed E-state index contributed by atoms with van der Waals surface area (Å²) in [4.78, 5) is 4.72. The van der Waals surface area contributed by atoms with E-state index >= 15 is 0 Å². The fourth-order valence-electron chi connectivity index (χ4n) is 8.69. The molecule has 0 spiro atoms. The van der Waals surface area contributed by atoms with E-state index in [9.17, 15) is 0 Å². The molecular weight excluding hydrogens is 769 g/mol. The lowest BCUT2D eigenvalue weighted by Crippen LogP contribution is -2.15. The van der Waals surface area contributed by atoms with Crippen molar-refractivity contribution in [3.63, 3.8) is 0 Å². The average molecular weight is 825 g/mol. The Hall–Kier alpha value is -7.04. The molecule has 0 aliphatic rings. The van der Waals surface area contributed by atoms with Crippen LogP contribution in [0.4, 0.5) is 34.1 Å². The van der Waals surface area contributed by atoms with Gasteiger partial charge in [0, 0.05) is 33.9 Å². The van der Waals surface area contributed by atoms with Crippen molar-refractivity contribution < 1.29 is 8.83 Å². The summed E-state index contributed by atoms with van der Waals surface area (Å²) in [5, 5.41) is 1.90. The molecule has 314 valence electrons. The average Bonchev–Trinajstić information content (AvgIpc) is 3.94. The molecule has 7 aromatic carbocycles. The van der Waals surface area contributed by atoms with Gasteiger partial charge in [0.25, 0.3) is 0 Å². The number of rotatable bonds is 11. The van der Waals surface area contributed by atoms with Gasteiger partial charge >= 0.3 is 0 Å². The largest absolute Gasteiger partial charge is 0.461 e. The Morgan fingerprint density at radius 1 is 0.476 bits per heavy atom. The Morgan fingerprint density at radius 3 is 1.16 bits per heavy atom. The molecular formula is C59H56N2O2. The summed E-state index contributed by atoms with van der Waals surface area (Å²) in [6.45, 7) is 22.0. The number of allylic oxidation sites excluding steroid dienone is 1. The monoisotopic (exact) mass is 824 g/mol. The van der Waals surface area contributed by atoms with E-state index in [1.165, 1.54) is 16.7 Å². The van der Waals surface area contributed by atoms with Crippen molar-refractivity contribution in [2.45, 2.75) is 72.6 Å². The third-order valence-electron chi connectivity index (χ3n) is 12.3. The predicted octanol–water partition coefficient (Wildman–Crippen LogP) is 18.0. The molecule has 0 saturated heterocycles. The van der Waals surface area contributed by atoms with E-state index in [1.54, 1.807) is 0 Å². The van der Waals surface area contributed by atoms with Gasteiger partial charge in [-0.1, -0.05) is 170 Å². The molecule has 4 nitrogen and oxygen atoms in total. The van der Waals surface area contributed by atoms with E-state index in [0.29, 0.717) is 11.8 Å². The summed E-state index contributed by atoms with van der Waals surface area (Å²) in [5.74, 6) is 0.772. The highest BCUT2D eigenvalue weighted by atomic mass is 16.3. The van der Waals surface area contributed by atoms with Crippen molar-refractivity contribution in [3.05, 3.63) is 199 Å². The third-order valence-corrected chi connectivity index (χ3v) is 12.3. The van der Waals surface area contributed by atoms with Gasteiger partial charge in [0.15, 0.2) is 11.2 Å². The van der Waals surface area contributed by atoms with E-state index in [0.717, 1.165) is 89.5 Å². The summed E-state index contributed by atoms with van der Waals surface area (Å²) in [5.41, 5.74) is 17.3. The van der Waals surface area contributed by atoms with E-state index in [2.05, 4.69) is 223 Å². The van der Waals surface area contributed by atoms with Crippen molar-refractivity contribution in [3.8, 4) is 22.3 Å². The van der Waals surface area contributed by atoms with Crippen LogP contribution in [0.3, 0.4) is 0 Å². The second kappa shape index (κ2) is 16.7. The molecule has 0 bridgehead atoms. The molecule has 0 aliphatic heterocycles. The van der Waals surface area contributed by atoms with Gasteiger partial charge in [-0.25, -0.2) is 0 Å². The molecule has 0 fully saturated rings. The summed E-state index contributed by atoms with van der Waals surface area (Å²) < 4.78 is 14.2. The highest BCUT2D eigenvalue weighted by molar-refractivity contribution is 6.26. The summed E-state index contributed by atoms with van der Waals surface area (Å²) in [6.07, 6.45) is 3.86. The SMILES string of the molecule is C=C(C)c1ccc(N(c2ccc(C(C)C)cc2)c2c3occ(-c4ccccc4)c3c(N(c3ccc(C(C)C)cc3)c3ccc(C(C)(C)C)cc3)c3occ(-c4ccccc4)c23)cc1. The Balaban J connectivity index is 1.46. The second-order valence-corrected chi connectivity index (χ2v) is 18.4. The third kappa shape index (κ3) is 7.76. The quantitative estimate of drug-likeness (QED) is 0.122. The van der Waals surface area contributed by atoms with Crippen molar-refractivity contribution >= 4 is 61.6 Å². The zero-order valence-electron chi connectivity index (χ0n) is 37.7. The van der Waals surface area contributed by atoms with Gasteiger partial charge in [-0.15, -0.1) is 0 Å². The number of benzene rings is 7. The van der Waals surface area contributed by atoms with Crippen molar-refractivity contribution in [2.24, 2.45) is 0 Å². The van der Waals surface area contributed by atoms with Crippen LogP contribution in [-0.2, 0) is 5.41 Å². The number of nitrogens with zero attached hydrogens (tertiary/aromatic N) is 2. The van der Waals surface area contributed by atoms with E-state index in [-0.39, 0.29) is 5.41 Å². The summed E-state index contributed by atoms with van der Waals surface area (Å²) >= 11 is 0. The van der Waals surface area contributed by atoms with Crippen LogP contribution < -0.4 is 9.80 Å². The number of hydrogen-bond donors (Lipinski definition) is 0. The van der Waals surface area contributed by atoms with Crippen LogP contribution in [0.5, 0.6) is 0 Å². The molecule has 0 atom stereocenters. The van der Waals surface area contributed by atoms with Gasteiger partial charge in [0.2, 0.25) is 0 Å². The number of hydrogen-bond acceptors (Lipinski definition) is 4. The summed E-state index contributed by atoms with van der Waals surface area (Å²) in [6, 6.07) is 56.8. The first-order chi connectivity index (χ1) is 30.4. The van der Waals surface area contributed by atoms with Crippen LogP contribution in [-0.4, -0.2) is 0 Å². The number of anilines is 6. The molecule has 2 heterocycles. The second-order valence-electron chi connectivity index (χ2n) is 18.4. The standard InChI is InChI=1S/C59H56N2O2/c1-38(2)41-20-28-47(29-21-41)60(48-30-22-42(23-31-48)39(3)4)55-53-51(44-16-12-10-13-17-44)36-63-58(53)56(54-52(37-62-57(54)55)45-18-14-11-15-19-45)61(49-32-24-43(25-33-49)40(5)6)50-34-26-46(27-35-50)59(7,8)9/h10-37,39-40H,1H2,2-9H3. The van der Waals surface area contributed by atoms with Gasteiger partial charge in [-0.2, -0.15) is 0 Å². The lowest BCUT2D eigenvalue weighted by atomic mass is 9.87. The van der Waals surface area contributed by atoms with E-state index < -0.39 is 0 Å². The van der Waals surface area contributed by atoms with Gasteiger partial charge in [0.05, 0.1) is 23.3 Å². The van der Waals surface area contributed by atoms with Crippen molar-refractivity contribution in [1.29, 1.82) is 0 Å². The molecule has 0 amide bonds. The highest BCUT2D eigenvalue weighted by Gasteiger charge is 2.33. The molecule has 63 heavy (non-hydrogen) atoms.